The third kappa shape index (κ3) is 9.65. The highest BCUT2D eigenvalue weighted by Crippen LogP contribution is 2.19. The Hall–Kier alpha value is -4.22. The van der Waals surface area contributed by atoms with Gasteiger partial charge in [-0.05, 0) is 55.3 Å². The van der Waals surface area contributed by atoms with E-state index in [0.29, 0.717) is 32.2 Å². The van der Waals surface area contributed by atoms with Gasteiger partial charge in [0.2, 0.25) is 17.7 Å². The van der Waals surface area contributed by atoms with Crippen molar-refractivity contribution in [3.05, 3.63) is 71.9 Å². The molecule has 5 unspecified atom stereocenters. The second kappa shape index (κ2) is 16.4. The smallest absolute Gasteiger partial charge is 0.326 e. The Morgan fingerprint density at radius 1 is 0.860 bits per heavy atom. The summed E-state index contributed by atoms with van der Waals surface area (Å²) in [6.07, 6.45) is 4.25. The van der Waals surface area contributed by atoms with E-state index >= 15 is 0 Å². The Labute approximate surface area is 252 Å². The summed E-state index contributed by atoms with van der Waals surface area (Å²) in [5.74, 6) is -3.12. The van der Waals surface area contributed by atoms with E-state index < -0.39 is 47.9 Å². The molecule has 3 rings (SSSR count). The van der Waals surface area contributed by atoms with Crippen molar-refractivity contribution in [2.45, 2.75) is 76.5 Å². The van der Waals surface area contributed by atoms with Crippen molar-refractivity contribution in [1.82, 2.24) is 20.9 Å². The lowest BCUT2D eigenvalue weighted by atomic mass is 9.96. The minimum Gasteiger partial charge on any atom is -0.480 e. The van der Waals surface area contributed by atoms with Crippen molar-refractivity contribution >= 4 is 34.6 Å². The summed E-state index contributed by atoms with van der Waals surface area (Å²) in [4.78, 5) is 55.2. The van der Waals surface area contributed by atoms with Gasteiger partial charge in [-0.25, -0.2) is 4.79 Å². The first kappa shape index (κ1) is 33.3. The number of aliphatic carboxylic acids is 1. The van der Waals surface area contributed by atoms with Gasteiger partial charge in [0.05, 0.1) is 6.04 Å². The molecule has 11 heteroatoms. The molecular formula is C32H44N6O5. The summed E-state index contributed by atoms with van der Waals surface area (Å²) in [7, 11) is 0. The summed E-state index contributed by atoms with van der Waals surface area (Å²) in [5.41, 5.74) is 14.5. The van der Waals surface area contributed by atoms with Gasteiger partial charge in [-0.3, -0.25) is 14.4 Å². The Morgan fingerprint density at radius 3 is 2.21 bits per heavy atom. The van der Waals surface area contributed by atoms with Crippen LogP contribution in [0, 0.1) is 5.92 Å². The van der Waals surface area contributed by atoms with Gasteiger partial charge in [0.15, 0.2) is 0 Å². The molecule has 0 spiro atoms. The fraction of sp³-hybridized carbons (Fsp3) is 0.438. The highest BCUT2D eigenvalue weighted by atomic mass is 16.4. The van der Waals surface area contributed by atoms with Crippen LogP contribution in [0.4, 0.5) is 0 Å². The quantitative estimate of drug-likeness (QED) is 0.117. The normalized spacial score (nSPS) is 14.7. The van der Waals surface area contributed by atoms with Crippen LogP contribution >= 0.6 is 0 Å². The molecule has 232 valence electrons. The standard InChI is InChI=1S/C32H44N6O5/c1-3-20(2)28(31(41)37-27(32(42)43)17-21-11-5-4-6-12-21)38-30(40)26(15-9-10-16-33)36-29(39)24(34)18-22-19-35-25-14-8-7-13-23(22)25/h4-8,11-14,19-20,24,26-28,35H,3,9-10,15-18,33-34H2,1-2H3,(H,36,39)(H,37,41)(H,38,40)(H,42,43). The first-order valence-corrected chi connectivity index (χ1v) is 14.8. The number of H-pyrrole nitrogens is 1. The van der Waals surface area contributed by atoms with E-state index in [-0.39, 0.29) is 18.8 Å². The van der Waals surface area contributed by atoms with Crippen molar-refractivity contribution in [2.24, 2.45) is 17.4 Å². The second-order valence-corrected chi connectivity index (χ2v) is 11.0. The van der Waals surface area contributed by atoms with Crippen LogP contribution in [-0.2, 0) is 32.0 Å². The summed E-state index contributed by atoms with van der Waals surface area (Å²) in [5, 5.41) is 18.9. The average molecular weight is 593 g/mol. The number of carbonyl (C=O) groups excluding carboxylic acids is 3. The molecule has 1 heterocycles. The SMILES string of the molecule is CCC(C)C(NC(=O)C(CCCCN)NC(=O)C(N)Cc1c[nH]c2ccccc12)C(=O)NC(Cc1ccccc1)C(=O)O. The Morgan fingerprint density at radius 2 is 1.53 bits per heavy atom. The van der Waals surface area contributed by atoms with Crippen molar-refractivity contribution < 1.29 is 24.3 Å². The summed E-state index contributed by atoms with van der Waals surface area (Å²) in [6.45, 7) is 4.11. The van der Waals surface area contributed by atoms with E-state index in [1.54, 1.807) is 31.2 Å². The average Bonchev–Trinajstić information content (AvgIpc) is 3.41. The van der Waals surface area contributed by atoms with Crippen LogP contribution in [-0.4, -0.2) is 64.5 Å². The number of nitrogens with one attached hydrogen (secondary N) is 4. The minimum atomic E-state index is -1.18. The third-order valence-electron chi connectivity index (χ3n) is 7.72. The maximum absolute atomic E-state index is 13.5. The largest absolute Gasteiger partial charge is 0.480 e. The van der Waals surface area contributed by atoms with E-state index in [4.69, 9.17) is 11.5 Å². The topological polar surface area (TPSA) is 192 Å². The number of amides is 3. The molecule has 0 fully saturated rings. The number of fused-ring (bicyclic) bond motifs is 1. The summed E-state index contributed by atoms with van der Waals surface area (Å²) in [6, 6.07) is 12.6. The number of aromatic amines is 1. The Bertz CT molecular complexity index is 1360. The molecule has 0 saturated heterocycles. The van der Waals surface area contributed by atoms with Gasteiger partial charge in [0.25, 0.3) is 0 Å². The number of nitrogens with two attached hydrogens (primary N) is 2. The van der Waals surface area contributed by atoms with E-state index in [9.17, 15) is 24.3 Å². The van der Waals surface area contributed by atoms with Crippen molar-refractivity contribution in [3.63, 3.8) is 0 Å². The number of rotatable bonds is 17. The van der Waals surface area contributed by atoms with Gasteiger partial charge >= 0.3 is 5.97 Å². The fourth-order valence-corrected chi connectivity index (χ4v) is 4.94. The predicted molar refractivity (Wildman–Crippen MR) is 166 cm³/mol. The lowest BCUT2D eigenvalue weighted by Gasteiger charge is -2.28. The number of carbonyl (C=O) groups is 4. The maximum Gasteiger partial charge on any atom is 0.326 e. The molecule has 0 aliphatic rings. The number of benzene rings is 2. The molecule has 0 aliphatic heterocycles. The molecule has 1 aromatic heterocycles. The highest BCUT2D eigenvalue weighted by molar-refractivity contribution is 5.94. The van der Waals surface area contributed by atoms with Gasteiger partial charge < -0.3 is 37.5 Å². The zero-order chi connectivity index (χ0) is 31.4. The molecule has 0 aliphatic carbocycles. The number of hydrogen-bond donors (Lipinski definition) is 7. The van der Waals surface area contributed by atoms with Crippen LogP contribution in [0.1, 0.15) is 50.7 Å². The van der Waals surface area contributed by atoms with E-state index in [2.05, 4.69) is 20.9 Å². The zero-order valence-corrected chi connectivity index (χ0v) is 24.8. The number of carboxylic acid groups (broad SMARTS) is 1. The first-order valence-electron chi connectivity index (χ1n) is 14.8. The Kier molecular flexibility index (Phi) is 12.7. The molecule has 43 heavy (non-hydrogen) atoms. The molecule has 0 bridgehead atoms. The van der Waals surface area contributed by atoms with E-state index in [0.717, 1.165) is 22.0 Å². The van der Waals surface area contributed by atoms with Gasteiger partial charge in [0, 0.05) is 23.5 Å². The maximum atomic E-state index is 13.5. The van der Waals surface area contributed by atoms with Gasteiger partial charge in [-0.15, -0.1) is 0 Å². The number of aromatic nitrogens is 1. The Balaban J connectivity index is 1.71. The second-order valence-electron chi connectivity index (χ2n) is 11.0. The van der Waals surface area contributed by atoms with Crippen LogP contribution in [0.5, 0.6) is 0 Å². The molecule has 5 atom stereocenters. The van der Waals surface area contributed by atoms with Crippen molar-refractivity contribution in [1.29, 1.82) is 0 Å². The number of para-hydroxylation sites is 1. The van der Waals surface area contributed by atoms with Crippen LogP contribution in [0.15, 0.2) is 60.8 Å². The van der Waals surface area contributed by atoms with Crippen LogP contribution in [0.3, 0.4) is 0 Å². The van der Waals surface area contributed by atoms with Crippen LogP contribution in [0.2, 0.25) is 0 Å². The molecular weight excluding hydrogens is 548 g/mol. The highest BCUT2D eigenvalue weighted by Gasteiger charge is 2.33. The molecule has 3 aromatic rings. The molecule has 9 N–H and O–H groups in total. The van der Waals surface area contributed by atoms with Gasteiger partial charge in [-0.1, -0.05) is 68.8 Å². The molecule has 2 aromatic carbocycles. The van der Waals surface area contributed by atoms with Crippen LogP contribution < -0.4 is 27.4 Å². The number of hydrogen-bond acceptors (Lipinski definition) is 6. The molecule has 0 radical (unpaired) electrons. The lowest BCUT2D eigenvalue weighted by Crippen LogP contribution is -2.59. The zero-order valence-electron chi connectivity index (χ0n) is 24.8. The van der Waals surface area contributed by atoms with Crippen molar-refractivity contribution in [3.8, 4) is 0 Å². The van der Waals surface area contributed by atoms with Gasteiger partial charge in [-0.2, -0.15) is 0 Å². The number of unbranched alkanes of at least 4 members (excludes halogenated alkanes) is 1. The predicted octanol–water partition coefficient (Wildman–Crippen LogP) is 1.99. The fourth-order valence-electron chi connectivity index (χ4n) is 4.94. The summed E-state index contributed by atoms with van der Waals surface area (Å²) >= 11 is 0. The third-order valence-corrected chi connectivity index (χ3v) is 7.72. The number of carboxylic acids is 1. The minimum absolute atomic E-state index is 0.0924. The first-order chi connectivity index (χ1) is 20.6. The van der Waals surface area contributed by atoms with Crippen LogP contribution in [0.25, 0.3) is 10.9 Å². The molecule has 3 amide bonds. The van der Waals surface area contributed by atoms with Crippen molar-refractivity contribution in [2.75, 3.05) is 6.54 Å². The van der Waals surface area contributed by atoms with E-state index in [1.807, 2.05) is 43.5 Å². The molecule has 11 nitrogen and oxygen atoms in total. The van der Waals surface area contributed by atoms with Gasteiger partial charge in [0.1, 0.15) is 18.1 Å². The monoisotopic (exact) mass is 592 g/mol. The van der Waals surface area contributed by atoms with E-state index in [1.165, 1.54) is 0 Å². The summed E-state index contributed by atoms with van der Waals surface area (Å²) < 4.78 is 0. The molecule has 0 saturated carbocycles. The lowest BCUT2D eigenvalue weighted by molar-refractivity contribution is -0.142.